The van der Waals surface area contributed by atoms with Crippen molar-refractivity contribution in [3.63, 3.8) is 0 Å². The summed E-state index contributed by atoms with van der Waals surface area (Å²) >= 11 is 0. The lowest BCUT2D eigenvalue weighted by Crippen LogP contribution is -2.17. The summed E-state index contributed by atoms with van der Waals surface area (Å²) in [5.74, 6) is 1.17. The van der Waals surface area contributed by atoms with Gasteiger partial charge in [-0.05, 0) is 55.3 Å². The van der Waals surface area contributed by atoms with Crippen molar-refractivity contribution < 1.29 is 14.3 Å². The summed E-state index contributed by atoms with van der Waals surface area (Å²) in [5, 5.41) is 3.01. The number of carbonyl (C=O) groups excluding carboxylic acids is 1. The summed E-state index contributed by atoms with van der Waals surface area (Å²) in [7, 11) is 0. The van der Waals surface area contributed by atoms with Crippen molar-refractivity contribution in [3.8, 4) is 17.1 Å². The molecule has 1 amide bonds. The van der Waals surface area contributed by atoms with Gasteiger partial charge in [-0.15, -0.1) is 0 Å². The van der Waals surface area contributed by atoms with Gasteiger partial charge in [0.05, 0.1) is 22.8 Å². The molecule has 0 aliphatic carbocycles. The van der Waals surface area contributed by atoms with Gasteiger partial charge >= 0.3 is 0 Å². The molecule has 1 unspecified atom stereocenters. The van der Waals surface area contributed by atoms with Crippen LogP contribution in [0.5, 0.6) is 5.75 Å². The lowest BCUT2D eigenvalue weighted by molar-refractivity contribution is 0.0679. The number of ether oxygens (including phenoxy) is 2. The monoisotopic (exact) mass is 413 g/mol. The van der Waals surface area contributed by atoms with Crippen molar-refractivity contribution in [2.75, 3.05) is 18.5 Å². The Kier molecular flexibility index (Phi) is 5.37. The minimum absolute atomic E-state index is 0.133. The van der Waals surface area contributed by atoms with Crippen LogP contribution in [-0.4, -0.2) is 35.2 Å². The van der Waals surface area contributed by atoms with Gasteiger partial charge in [-0.2, -0.15) is 0 Å². The van der Waals surface area contributed by atoms with E-state index in [-0.39, 0.29) is 12.0 Å². The number of nitrogens with one attached hydrogen (secondary N) is 2. The van der Waals surface area contributed by atoms with Crippen LogP contribution >= 0.6 is 0 Å². The van der Waals surface area contributed by atoms with E-state index in [9.17, 15) is 4.79 Å². The first-order valence-electron chi connectivity index (χ1n) is 10.5. The number of fused-ring (bicyclic) bond motifs is 1. The van der Waals surface area contributed by atoms with Crippen LogP contribution in [0.15, 0.2) is 72.8 Å². The fourth-order valence-corrected chi connectivity index (χ4v) is 3.77. The van der Waals surface area contributed by atoms with Crippen molar-refractivity contribution in [1.29, 1.82) is 0 Å². The summed E-state index contributed by atoms with van der Waals surface area (Å²) in [6, 6.07) is 22.7. The lowest BCUT2D eigenvalue weighted by Gasteiger charge is -2.13. The van der Waals surface area contributed by atoms with E-state index < -0.39 is 0 Å². The molecule has 0 saturated carbocycles. The Morgan fingerprint density at radius 2 is 1.97 bits per heavy atom. The Balaban J connectivity index is 1.34. The number of H-pyrrole nitrogens is 1. The third-order valence-electron chi connectivity index (χ3n) is 5.38. The Labute approximate surface area is 180 Å². The van der Waals surface area contributed by atoms with Crippen LogP contribution in [-0.2, 0) is 4.74 Å². The van der Waals surface area contributed by atoms with Crippen LogP contribution in [0.1, 0.15) is 23.2 Å². The average Bonchev–Trinajstić information content (AvgIpc) is 3.48. The average molecular weight is 413 g/mol. The van der Waals surface area contributed by atoms with Crippen molar-refractivity contribution in [1.82, 2.24) is 9.97 Å². The minimum atomic E-state index is -0.203. The van der Waals surface area contributed by atoms with Crippen molar-refractivity contribution >= 4 is 22.6 Å². The van der Waals surface area contributed by atoms with Crippen LogP contribution in [0.3, 0.4) is 0 Å². The number of imidazole rings is 1. The smallest absolute Gasteiger partial charge is 0.255 e. The molecule has 1 aliphatic rings. The molecule has 3 aromatic carbocycles. The summed E-state index contributed by atoms with van der Waals surface area (Å²) in [6.45, 7) is 1.29. The first kappa shape index (κ1) is 19.3. The molecule has 1 fully saturated rings. The molecule has 1 saturated heterocycles. The maximum absolute atomic E-state index is 13.0. The fraction of sp³-hybridized carbons (Fsp3) is 0.200. The number of carbonyl (C=O) groups is 1. The number of aromatic amines is 1. The highest BCUT2D eigenvalue weighted by Gasteiger charge is 2.17. The molecule has 0 spiro atoms. The second-order valence-electron chi connectivity index (χ2n) is 7.58. The van der Waals surface area contributed by atoms with E-state index in [1.54, 1.807) is 12.1 Å². The number of hydrogen-bond acceptors (Lipinski definition) is 4. The van der Waals surface area contributed by atoms with Gasteiger partial charge in [0.2, 0.25) is 0 Å². The van der Waals surface area contributed by atoms with E-state index in [1.165, 1.54) is 0 Å². The molecule has 1 aliphatic heterocycles. The predicted molar refractivity (Wildman–Crippen MR) is 120 cm³/mol. The van der Waals surface area contributed by atoms with Crippen molar-refractivity contribution in [3.05, 3.63) is 78.4 Å². The molecule has 4 aromatic rings. The van der Waals surface area contributed by atoms with Crippen molar-refractivity contribution in [2.24, 2.45) is 0 Å². The van der Waals surface area contributed by atoms with Gasteiger partial charge < -0.3 is 19.8 Å². The predicted octanol–water partition coefficient (Wildman–Crippen LogP) is 5.04. The highest BCUT2D eigenvalue weighted by molar-refractivity contribution is 6.06. The number of nitrogens with zero attached hydrogens (tertiary/aromatic N) is 1. The topological polar surface area (TPSA) is 76.2 Å². The third kappa shape index (κ3) is 4.29. The van der Waals surface area contributed by atoms with Gasteiger partial charge in [-0.3, -0.25) is 4.79 Å². The number of para-hydroxylation sites is 3. The van der Waals surface area contributed by atoms with Crippen LogP contribution < -0.4 is 10.1 Å². The van der Waals surface area contributed by atoms with Crippen LogP contribution in [0.4, 0.5) is 5.69 Å². The van der Waals surface area contributed by atoms with Crippen molar-refractivity contribution in [2.45, 2.75) is 18.9 Å². The Bertz CT molecular complexity index is 1180. The van der Waals surface area contributed by atoms with Gasteiger partial charge in [0.1, 0.15) is 18.2 Å². The third-order valence-corrected chi connectivity index (χ3v) is 5.38. The molecule has 5 rings (SSSR count). The van der Waals surface area contributed by atoms with Crippen LogP contribution in [0.25, 0.3) is 22.4 Å². The maximum atomic E-state index is 13.0. The van der Waals surface area contributed by atoms with E-state index in [0.717, 1.165) is 36.0 Å². The number of rotatable bonds is 6. The summed E-state index contributed by atoms with van der Waals surface area (Å²) < 4.78 is 11.4. The van der Waals surface area contributed by atoms with E-state index in [4.69, 9.17) is 9.47 Å². The largest absolute Gasteiger partial charge is 0.491 e. The molecule has 31 heavy (non-hydrogen) atoms. The molecule has 1 atom stereocenters. The minimum Gasteiger partial charge on any atom is -0.491 e. The number of benzene rings is 3. The van der Waals surface area contributed by atoms with Crippen LogP contribution in [0.2, 0.25) is 0 Å². The normalized spacial score (nSPS) is 15.8. The zero-order chi connectivity index (χ0) is 21.0. The van der Waals surface area contributed by atoms with E-state index in [1.807, 2.05) is 60.7 Å². The second kappa shape index (κ2) is 8.62. The first-order valence-corrected chi connectivity index (χ1v) is 10.5. The van der Waals surface area contributed by atoms with E-state index in [2.05, 4.69) is 15.3 Å². The van der Waals surface area contributed by atoms with Gasteiger partial charge in [0.15, 0.2) is 0 Å². The van der Waals surface area contributed by atoms with Gasteiger partial charge in [0.25, 0.3) is 5.91 Å². The molecule has 2 heterocycles. The molecule has 2 N–H and O–H groups in total. The fourth-order valence-electron chi connectivity index (χ4n) is 3.77. The molecule has 6 heteroatoms. The zero-order valence-corrected chi connectivity index (χ0v) is 17.0. The lowest BCUT2D eigenvalue weighted by atomic mass is 10.1. The highest BCUT2D eigenvalue weighted by atomic mass is 16.5. The quantitative estimate of drug-likeness (QED) is 0.464. The number of amides is 1. The summed E-state index contributed by atoms with van der Waals surface area (Å²) in [5.41, 5.74) is 3.89. The molecular weight excluding hydrogens is 390 g/mol. The van der Waals surface area contributed by atoms with Crippen LogP contribution in [0, 0.1) is 0 Å². The number of anilines is 1. The Morgan fingerprint density at radius 3 is 2.84 bits per heavy atom. The molecule has 156 valence electrons. The van der Waals surface area contributed by atoms with E-state index in [0.29, 0.717) is 29.4 Å². The van der Waals surface area contributed by atoms with Gasteiger partial charge in [-0.25, -0.2) is 4.98 Å². The van der Waals surface area contributed by atoms with Gasteiger partial charge in [0, 0.05) is 17.7 Å². The first-order chi connectivity index (χ1) is 15.3. The summed E-state index contributed by atoms with van der Waals surface area (Å²) in [6.07, 6.45) is 2.22. The van der Waals surface area contributed by atoms with E-state index >= 15 is 0 Å². The number of aromatic nitrogens is 2. The Morgan fingerprint density at radius 1 is 1.10 bits per heavy atom. The maximum Gasteiger partial charge on any atom is 0.255 e. The van der Waals surface area contributed by atoms with Gasteiger partial charge in [-0.1, -0.05) is 30.3 Å². The standard InChI is InChI=1S/C25H23N3O3/c29-25(17-7-5-8-18(15-17)31-16-19-9-6-14-30-19)28-21-11-2-1-10-20(21)24-26-22-12-3-4-13-23(22)27-24/h1-5,7-8,10-13,15,19H,6,9,14,16H2,(H,26,27)(H,28,29). The SMILES string of the molecule is O=C(Nc1ccccc1-c1nc2ccccc2[nH]1)c1cccc(OCC2CCCO2)c1. The molecule has 6 nitrogen and oxygen atoms in total. The molecule has 0 radical (unpaired) electrons. The Hall–Kier alpha value is -3.64. The molecule has 1 aromatic heterocycles. The zero-order valence-electron chi connectivity index (χ0n) is 17.0. The summed E-state index contributed by atoms with van der Waals surface area (Å²) in [4.78, 5) is 20.9. The second-order valence-corrected chi connectivity index (χ2v) is 7.58. The highest BCUT2D eigenvalue weighted by Crippen LogP contribution is 2.28. The molecular formula is C25H23N3O3. The molecule has 0 bridgehead atoms. The number of hydrogen-bond donors (Lipinski definition) is 2.